The zero-order valence-electron chi connectivity index (χ0n) is 6.75. The number of rotatable bonds is 3. The minimum atomic E-state index is -0.706. The van der Waals surface area contributed by atoms with Crippen LogP contribution < -0.4 is 5.14 Å². The molecule has 0 aliphatic carbocycles. The van der Waals surface area contributed by atoms with Gasteiger partial charge in [0.05, 0.1) is 15.9 Å². The highest BCUT2D eigenvalue weighted by Crippen LogP contribution is 2.29. The molecular weight excluding hydrogens is 210 g/mol. The Balaban J connectivity index is 3.27. The third-order valence-corrected chi connectivity index (χ3v) is 2.08. The first-order valence-corrected chi connectivity index (χ1v) is 4.24. The molecule has 0 aliphatic heterocycles. The van der Waals surface area contributed by atoms with Crippen molar-refractivity contribution in [3.63, 3.8) is 0 Å². The van der Waals surface area contributed by atoms with Crippen LogP contribution in [0.4, 0.5) is 11.4 Å². The zero-order valence-corrected chi connectivity index (χ0v) is 7.56. The summed E-state index contributed by atoms with van der Waals surface area (Å²) in [5, 5.41) is 25.9. The lowest BCUT2D eigenvalue weighted by Crippen LogP contribution is -1.95. The summed E-state index contributed by atoms with van der Waals surface area (Å²) >= 11 is 0.680. The third kappa shape index (κ3) is 1.98. The van der Waals surface area contributed by atoms with Gasteiger partial charge in [-0.1, -0.05) is 0 Å². The van der Waals surface area contributed by atoms with E-state index in [-0.39, 0.29) is 16.3 Å². The van der Waals surface area contributed by atoms with E-state index >= 15 is 0 Å². The van der Waals surface area contributed by atoms with Gasteiger partial charge in [0.15, 0.2) is 0 Å². The normalized spacial score (nSPS) is 9.79. The van der Waals surface area contributed by atoms with Crippen LogP contribution in [0.3, 0.4) is 0 Å². The molecule has 0 amide bonds. The highest BCUT2D eigenvalue weighted by atomic mass is 32.2. The molecule has 7 nitrogen and oxygen atoms in total. The van der Waals surface area contributed by atoms with Gasteiger partial charge in [-0.2, -0.15) is 0 Å². The first kappa shape index (κ1) is 10.4. The molecule has 0 spiro atoms. The second-order valence-corrected chi connectivity index (χ2v) is 2.96. The van der Waals surface area contributed by atoms with E-state index in [1.807, 2.05) is 0 Å². The van der Waals surface area contributed by atoms with Crippen molar-refractivity contribution in [3.05, 3.63) is 38.4 Å². The Morgan fingerprint density at radius 1 is 1.21 bits per heavy atom. The van der Waals surface area contributed by atoms with Gasteiger partial charge in [0.25, 0.3) is 11.4 Å². The Morgan fingerprint density at radius 2 is 1.86 bits per heavy atom. The number of nitro benzene ring substituents is 2. The third-order valence-electron chi connectivity index (χ3n) is 1.48. The summed E-state index contributed by atoms with van der Waals surface area (Å²) in [6.07, 6.45) is 0. The van der Waals surface area contributed by atoms with Crippen LogP contribution >= 0.6 is 11.9 Å². The summed E-state index contributed by atoms with van der Waals surface area (Å²) in [6.45, 7) is 0. The number of hydrogen-bond donors (Lipinski definition) is 1. The molecule has 0 atom stereocenters. The van der Waals surface area contributed by atoms with Gasteiger partial charge >= 0.3 is 0 Å². The molecule has 0 bridgehead atoms. The molecule has 74 valence electrons. The molecule has 0 aliphatic rings. The number of nitrogens with two attached hydrogens (primary N) is 1. The van der Waals surface area contributed by atoms with Gasteiger partial charge in [0, 0.05) is 6.07 Å². The van der Waals surface area contributed by atoms with Crippen molar-refractivity contribution < 1.29 is 9.85 Å². The highest BCUT2D eigenvalue weighted by molar-refractivity contribution is 7.97. The standard InChI is InChI=1S/C6H5N3O4S/c7-14-6-2-1-4(8(10)11)3-5(6)9(12)13/h1-3H,7H2. The van der Waals surface area contributed by atoms with Gasteiger partial charge in [-0.05, 0) is 18.0 Å². The molecule has 0 heterocycles. The predicted octanol–water partition coefficient (Wildman–Crippen LogP) is 1.47. The summed E-state index contributed by atoms with van der Waals surface area (Å²) < 4.78 is 0. The van der Waals surface area contributed by atoms with Gasteiger partial charge in [-0.15, -0.1) is 0 Å². The Hall–Kier alpha value is -1.67. The fourth-order valence-corrected chi connectivity index (χ4v) is 1.26. The Kier molecular flexibility index (Phi) is 2.99. The van der Waals surface area contributed by atoms with E-state index in [1.165, 1.54) is 12.1 Å². The number of nitrogens with zero attached hydrogens (tertiary/aromatic N) is 2. The first-order valence-electron chi connectivity index (χ1n) is 3.36. The van der Waals surface area contributed by atoms with E-state index in [4.69, 9.17) is 5.14 Å². The van der Waals surface area contributed by atoms with Crippen molar-refractivity contribution in [1.29, 1.82) is 0 Å². The van der Waals surface area contributed by atoms with Crippen molar-refractivity contribution in [1.82, 2.24) is 0 Å². The molecule has 0 saturated carbocycles. The average molecular weight is 215 g/mol. The van der Waals surface area contributed by atoms with Crippen LogP contribution in [-0.2, 0) is 0 Å². The van der Waals surface area contributed by atoms with E-state index < -0.39 is 9.85 Å². The molecule has 1 aromatic carbocycles. The van der Waals surface area contributed by atoms with Gasteiger partial charge in [0.2, 0.25) is 0 Å². The molecule has 0 fully saturated rings. The number of benzene rings is 1. The Labute approximate surface area is 82.3 Å². The molecule has 2 N–H and O–H groups in total. The lowest BCUT2D eigenvalue weighted by molar-refractivity contribution is -0.396. The summed E-state index contributed by atoms with van der Waals surface area (Å²) in [7, 11) is 0. The van der Waals surface area contributed by atoms with Crippen molar-refractivity contribution in [2.75, 3.05) is 0 Å². The SMILES string of the molecule is NSc1ccc([N+](=O)[O-])cc1[N+](=O)[O-]. The minimum absolute atomic E-state index is 0.195. The van der Waals surface area contributed by atoms with Crippen LogP contribution in [0.25, 0.3) is 0 Å². The van der Waals surface area contributed by atoms with E-state index in [9.17, 15) is 20.2 Å². The van der Waals surface area contributed by atoms with Crippen molar-refractivity contribution in [3.8, 4) is 0 Å². The summed E-state index contributed by atoms with van der Waals surface area (Å²) in [5.41, 5.74) is -0.679. The van der Waals surface area contributed by atoms with Crippen molar-refractivity contribution in [2.45, 2.75) is 4.90 Å². The molecule has 1 aromatic rings. The van der Waals surface area contributed by atoms with E-state index in [0.717, 1.165) is 6.07 Å². The molecule has 8 heteroatoms. The van der Waals surface area contributed by atoms with E-state index in [2.05, 4.69) is 0 Å². The topological polar surface area (TPSA) is 112 Å². The zero-order chi connectivity index (χ0) is 10.7. The van der Waals surface area contributed by atoms with Gasteiger partial charge in [-0.25, -0.2) is 0 Å². The molecule has 0 saturated heterocycles. The molecular formula is C6H5N3O4S. The smallest absolute Gasteiger partial charge is 0.273 e. The lowest BCUT2D eigenvalue weighted by atomic mass is 10.3. The van der Waals surface area contributed by atoms with Crippen LogP contribution in [0, 0.1) is 20.2 Å². The molecule has 0 radical (unpaired) electrons. The fraction of sp³-hybridized carbons (Fsp3) is 0. The molecule has 0 aromatic heterocycles. The quantitative estimate of drug-likeness (QED) is 0.464. The van der Waals surface area contributed by atoms with Crippen molar-refractivity contribution >= 4 is 23.3 Å². The summed E-state index contributed by atoms with van der Waals surface area (Å²) in [6, 6.07) is 3.30. The maximum Gasteiger partial charge on any atom is 0.291 e. The van der Waals surface area contributed by atoms with Crippen LogP contribution in [0.5, 0.6) is 0 Å². The van der Waals surface area contributed by atoms with Crippen LogP contribution in [-0.4, -0.2) is 9.85 Å². The second kappa shape index (κ2) is 4.03. The maximum atomic E-state index is 10.5. The Morgan fingerprint density at radius 3 is 2.29 bits per heavy atom. The summed E-state index contributed by atoms with van der Waals surface area (Å²) in [4.78, 5) is 19.6. The monoisotopic (exact) mass is 215 g/mol. The highest BCUT2D eigenvalue weighted by Gasteiger charge is 2.18. The van der Waals surface area contributed by atoms with E-state index in [1.54, 1.807) is 0 Å². The largest absolute Gasteiger partial charge is 0.291 e. The predicted molar refractivity (Wildman–Crippen MR) is 49.8 cm³/mol. The van der Waals surface area contributed by atoms with Crippen LogP contribution in [0.1, 0.15) is 0 Å². The fourth-order valence-electron chi connectivity index (χ4n) is 0.862. The van der Waals surface area contributed by atoms with Crippen LogP contribution in [0.15, 0.2) is 23.1 Å². The summed E-state index contributed by atoms with van der Waals surface area (Å²) in [5.74, 6) is 0. The number of nitro groups is 2. The van der Waals surface area contributed by atoms with Crippen molar-refractivity contribution in [2.24, 2.45) is 5.14 Å². The van der Waals surface area contributed by atoms with Gasteiger partial charge < -0.3 is 0 Å². The van der Waals surface area contributed by atoms with Gasteiger partial charge in [-0.3, -0.25) is 25.4 Å². The Bertz CT molecular complexity index is 395. The molecule has 0 unspecified atom stereocenters. The second-order valence-electron chi connectivity index (χ2n) is 2.28. The first-order chi connectivity index (χ1) is 6.56. The molecule has 14 heavy (non-hydrogen) atoms. The number of hydrogen-bond acceptors (Lipinski definition) is 6. The average Bonchev–Trinajstić information content (AvgIpc) is 2.16. The van der Waals surface area contributed by atoms with Gasteiger partial charge in [0.1, 0.15) is 4.90 Å². The lowest BCUT2D eigenvalue weighted by Gasteiger charge is -1.97. The van der Waals surface area contributed by atoms with E-state index in [0.29, 0.717) is 11.9 Å². The number of non-ortho nitro benzene ring substituents is 1. The molecule has 1 rings (SSSR count). The van der Waals surface area contributed by atoms with Crippen LogP contribution in [0.2, 0.25) is 0 Å². The minimum Gasteiger partial charge on any atom is -0.273 e. The maximum absolute atomic E-state index is 10.5.